The largest absolute Gasteiger partial charge is 0.454 e. The van der Waals surface area contributed by atoms with Crippen LogP contribution in [0.15, 0.2) is 42.5 Å². The maximum absolute atomic E-state index is 12.6. The van der Waals surface area contributed by atoms with Gasteiger partial charge >= 0.3 is 0 Å². The molecule has 1 fully saturated rings. The van der Waals surface area contributed by atoms with Crippen molar-refractivity contribution >= 4 is 17.7 Å². The van der Waals surface area contributed by atoms with Crippen molar-refractivity contribution in [3.63, 3.8) is 0 Å². The Balaban J connectivity index is 1.62. The molecule has 2 aromatic rings. The number of thioether (sulfide) groups is 1. The third-order valence-corrected chi connectivity index (χ3v) is 5.81. The second-order valence-corrected chi connectivity index (χ2v) is 7.39. The van der Waals surface area contributed by atoms with Crippen LogP contribution in [0.3, 0.4) is 0 Å². The van der Waals surface area contributed by atoms with Gasteiger partial charge in [-0.25, -0.2) is 0 Å². The molecule has 2 aromatic carbocycles. The molecule has 0 saturated carbocycles. The topological polar surface area (TPSA) is 73.6 Å². The highest BCUT2D eigenvalue weighted by Gasteiger charge is 2.27. The number of amides is 1. The Bertz CT molecular complexity index is 796. The molecule has 0 spiro atoms. The number of hydrogen-bond donors (Lipinski definition) is 2. The zero-order valence-electron chi connectivity index (χ0n) is 13.7. The third kappa shape index (κ3) is 3.32. The van der Waals surface area contributed by atoms with Gasteiger partial charge in [-0.05, 0) is 47.1 Å². The van der Waals surface area contributed by atoms with Gasteiger partial charge in [0.15, 0.2) is 11.5 Å². The van der Waals surface area contributed by atoms with Crippen molar-refractivity contribution in [1.29, 1.82) is 0 Å². The van der Waals surface area contributed by atoms with Crippen molar-refractivity contribution < 1.29 is 14.3 Å². The van der Waals surface area contributed by atoms with Gasteiger partial charge in [-0.3, -0.25) is 4.79 Å². The molecule has 0 radical (unpaired) electrons. The second-order valence-electron chi connectivity index (χ2n) is 6.17. The summed E-state index contributed by atoms with van der Waals surface area (Å²) < 4.78 is 10.8. The first-order chi connectivity index (χ1) is 12.2. The van der Waals surface area contributed by atoms with Gasteiger partial charge in [0, 0.05) is 12.6 Å². The number of ether oxygens (including phenoxy) is 2. The summed E-state index contributed by atoms with van der Waals surface area (Å²) in [7, 11) is 0. The van der Waals surface area contributed by atoms with E-state index in [1.165, 1.54) is 0 Å². The van der Waals surface area contributed by atoms with E-state index < -0.39 is 0 Å². The Morgan fingerprint density at radius 2 is 1.96 bits per heavy atom. The maximum Gasteiger partial charge on any atom is 0.237 e. The number of carbonyl (C=O) groups is 1. The SMILES string of the molecule is NC[C@@H]1CCS[C@H](c2cccc(-c3ccc4c(c3)OCO4)c2)C(=O)N1. The lowest BCUT2D eigenvalue weighted by atomic mass is 10.0. The lowest BCUT2D eigenvalue weighted by Gasteiger charge is -2.16. The van der Waals surface area contributed by atoms with Gasteiger partial charge in [0.1, 0.15) is 5.25 Å². The molecule has 2 aliphatic heterocycles. The van der Waals surface area contributed by atoms with Crippen LogP contribution >= 0.6 is 11.8 Å². The van der Waals surface area contributed by atoms with Crippen LogP contribution in [-0.2, 0) is 4.79 Å². The Hall–Kier alpha value is -2.18. The molecule has 1 amide bonds. The van der Waals surface area contributed by atoms with Gasteiger partial charge in [-0.2, -0.15) is 0 Å². The smallest absolute Gasteiger partial charge is 0.237 e. The zero-order valence-corrected chi connectivity index (χ0v) is 14.6. The Kier molecular flexibility index (Phi) is 4.55. The quantitative estimate of drug-likeness (QED) is 0.885. The number of benzene rings is 2. The van der Waals surface area contributed by atoms with E-state index in [2.05, 4.69) is 11.4 Å². The molecule has 3 N–H and O–H groups in total. The molecular formula is C19H20N2O3S. The molecule has 5 nitrogen and oxygen atoms in total. The molecule has 6 heteroatoms. The summed E-state index contributed by atoms with van der Waals surface area (Å²) in [6.07, 6.45) is 0.908. The van der Waals surface area contributed by atoms with Gasteiger partial charge in [-0.15, -0.1) is 11.8 Å². The van der Waals surface area contributed by atoms with Crippen molar-refractivity contribution in [3.05, 3.63) is 48.0 Å². The Morgan fingerprint density at radius 1 is 1.12 bits per heavy atom. The fourth-order valence-electron chi connectivity index (χ4n) is 3.13. The molecule has 2 aliphatic rings. The fraction of sp³-hybridized carbons (Fsp3) is 0.316. The van der Waals surface area contributed by atoms with Crippen LogP contribution in [0.5, 0.6) is 11.5 Å². The summed E-state index contributed by atoms with van der Waals surface area (Å²) in [5.41, 5.74) is 8.83. The number of rotatable bonds is 3. The van der Waals surface area contributed by atoms with E-state index in [0.717, 1.165) is 40.4 Å². The summed E-state index contributed by atoms with van der Waals surface area (Å²) in [5, 5.41) is 2.85. The van der Waals surface area contributed by atoms with Crippen LogP contribution < -0.4 is 20.5 Å². The van der Waals surface area contributed by atoms with Gasteiger partial charge < -0.3 is 20.5 Å². The van der Waals surface area contributed by atoms with Crippen molar-refractivity contribution in [1.82, 2.24) is 5.32 Å². The first-order valence-electron chi connectivity index (χ1n) is 8.36. The first-order valence-corrected chi connectivity index (χ1v) is 9.41. The summed E-state index contributed by atoms with van der Waals surface area (Å²) in [6.45, 7) is 0.746. The van der Waals surface area contributed by atoms with E-state index in [-0.39, 0.29) is 24.0 Å². The van der Waals surface area contributed by atoms with Crippen LogP contribution in [0, 0.1) is 0 Å². The molecule has 2 atom stereocenters. The van der Waals surface area contributed by atoms with E-state index >= 15 is 0 Å². The van der Waals surface area contributed by atoms with E-state index in [9.17, 15) is 4.79 Å². The molecule has 0 unspecified atom stereocenters. The number of fused-ring (bicyclic) bond motifs is 1. The van der Waals surface area contributed by atoms with Crippen LogP contribution in [0.25, 0.3) is 11.1 Å². The molecule has 4 rings (SSSR count). The standard InChI is InChI=1S/C19H20N2O3S/c20-10-15-6-7-25-18(19(22)21-15)14-3-1-2-12(8-14)13-4-5-16-17(9-13)24-11-23-16/h1-5,8-9,15,18H,6-7,10-11,20H2,(H,21,22)/t15-,18+/m0/s1. The minimum absolute atomic E-state index is 0.0424. The predicted octanol–water partition coefficient (Wildman–Crippen LogP) is 2.70. The zero-order chi connectivity index (χ0) is 17.2. The lowest BCUT2D eigenvalue weighted by molar-refractivity contribution is -0.121. The van der Waals surface area contributed by atoms with E-state index in [0.29, 0.717) is 6.54 Å². The molecular weight excluding hydrogens is 336 g/mol. The van der Waals surface area contributed by atoms with Gasteiger partial charge in [0.05, 0.1) is 0 Å². The number of hydrogen-bond acceptors (Lipinski definition) is 5. The highest BCUT2D eigenvalue weighted by atomic mass is 32.2. The average molecular weight is 356 g/mol. The minimum Gasteiger partial charge on any atom is -0.454 e. The fourth-order valence-corrected chi connectivity index (χ4v) is 4.35. The minimum atomic E-state index is -0.203. The van der Waals surface area contributed by atoms with Crippen molar-refractivity contribution in [3.8, 4) is 22.6 Å². The molecule has 0 aliphatic carbocycles. The summed E-state index contributed by atoms with van der Waals surface area (Å²) in [4.78, 5) is 12.6. The Morgan fingerprint density at radius 3 is 2.84 bits per heavy atom. The second kappa shape index (κ2) is 6.98. The summed E-state index contributed by atoms with van der Waals surface area (Å²) >= 11 is 1.68. The van der Waals surface area contributed by atoms with Crippen molar-refractivity contribution in [2.24, 2.45) is 5.73 Å². The van der Waals surface area contributed by atoms with Gasteiger partial charge in [0.25, 0.3) is 0 Å². The van der Waals surface area contributed by atoms with Gasteiger partial charge in [0.2, 0.25) is 12.7 Å². The van der Waals surface area contributed by atoms with E-state index in [1.54, 1.807) is 11.8 Å². The number of nitrogens with two attached hydrogens (primary N) is 1. The Labute approximate surface area is 150 Å². The highest BCUT2D eigenvalue weighted by Crippen LogP contribution is 2.38. The lowest BCUT2D eigenvalue weighted by Crippen LogP contribution is -2.40. The van der Waals surface area contributed by atoms with Gasteiger partial charge in [-0.1, -0.05) is 24.3 Å². The van der Waals surface area contributed by atoms with Crippen molar-refractivity contribution in [2.45, 2.75) is 17.7 Å². The molecule has 2 heterocycles. The number of nitrogens with one attached hydrogen (secondary N) is 1. The molecule has 0 aromatic heterocycles. The average Bonchev–Trinajstić information content (AvgIpc) is 3.03. The first kappa shape index (κ1) is 16.3. The predicted molar refractivity (Wildman–Crippen MR) is 98.8 cm³/mol. The monoisotopic (exact) mass is 356 g/mol. The van der Waals surface area contributed by atoms with E-state index in [4.69, 9.17) is 15.2 Å². The van der Waals surface area contributed by atoms with Crippen LogP contribution in [0.2, 0.25) is 0 Å². The molecule has 130 valence electrons. The summed E-state index contributed by atoms with van der Waals surface area (Å²) in [6, 6.07) is 14.1. The third-order valence-electron chi connectivity index (χ3n) is 4.52. The maximum atomic E-state index is 12.6. The van der Waals surface area contributed by atoms with Crippen LogP contribution in [0.4, 0.5) is 0 Å². The van der Waals surface area contributed by atoms with Crippen LogP contribution in [-0.4, -0.2) is 31.0 Å². The van der Waals surface area contributed by atoms with Crippen LogP contribution in [0.1, 0.15) is 17.2 Å². The highest BCUT2D eigenvalue weighted by molar-refractivity contribution is 8.00. The summed E-state index contributed by atoms with van der Waals surface area (Å²) in [5.74, 6) is 2.49. The van der Waals surface area contributed by atoms with E-state index in [1.807, 2.05) is 36.4 Å². The number of carbonyl (C=O) groups excluding carboxylic acids is 1. The molecule has 0 bridgehead atoms. The van der Waals surface area contributed by atoms with Crippen molar-refractivity contribution in [2.75, 3.05) is 19.1 Å². The normalized spacial score (nSPS) is 22.4. The molecule has 25 heavy (non-hydrogen) atoms. The molecule has 1 saturated heterocycles.